The number of aliphatic hydroxyl groups excluding tert-OH is 1. The molecule has 94 valence electrons. The molecule has 1 heterocycles. The maximum Gasteiger partial charge on any atom is 0.0961 e. The van der Waals surface area contributed by atoms with Gasteiger partial charge in [-0.3, -0.25) is 4.90 Å². The van der Waals surface area contributed by atoms with E-state index < -0.39 is 0 Å². The summed E-state index contributed by atoms with van der Waals surface area (Å²) < 4.78 is 5.70. The van der Waals surface area contributed by atoms with E-state index in [4.69, 9.17) is 4.74 Å². The van der Waals surface area contributed by atoms with Crippen LogP contribution in [0, 0.1) is 5.92 Å². The lowest BCUT2D eigenvalue weighted by Gasteiger charge is -2.39. The topological polar surface area (TPSA) is 32.7 Å². The maximum atomic E-state index is 10.2. The average molecular weight is 227 g/mol. The Bertz CT molecular complexity index is 216. The quantitative estimate of drug-likeness (QED) is 0.792. The smallest absolute Gasteiger partial charge is 0.0961 e. The Hall–Kier alpha value is -0.120. The molecular formula is C13H25NO2. The molecule has 3 nitrogen and oxygen atoms in total. The van der Waals surface area contributed by atoms with Crippen molar-refractivity contribution >= 4 is 0 Å². The van der Waals surface area contributed by atoms with Crippen LogP contribution in [-0.2, 0) is 4.74 Å². The fraction of sp³-hybridized carbons (Fsp3) is 1.00. The van der Waals surface area contributed by atoms with E-state index in [1.54, 1.807) is 0 Å². The van der Waals surface area contributed by atoms with Gasteiger partial charge in [-0.15, -0.1) is 0 Å². The molecule has 2 rings (SSSR count). The van der Waals surface area contributed by atoms with E-state index in [1.165, 1.54) is 19.3 Å². The zero-order chi connectivity index (χ0) is 11.5. The van der Waals surface area contributed by atoms with Crippen molar-refractivity contribution in [1.82, 2.24) is 4.90 Å². The van der Waals surface area contributed by atoms with Gasteiger partial charge in [-0.1, -0.05) is 19.3 Å². The van der Waals surface area contributed by atoms with E-state index >= 15 is 0 Å². The van der Waals surface area contributed by atoms with Gasteiger partial charge in [-0.2, -0.15) is 0 Å². The van der Waals surface area contributed by atoms with Gasteiger partial charge in [-0.25, -0.2) is 0 Å². The first-order valence-corrected chi connectivity index (χ1v) is 6.70. The van der Waals surface area contributed by atoms with Gasteiger partial charge >= 0.3 is 0 Å². The second kappa shape index (κ2) is 5.48. The van der Waals surface area contributed by atoms with Crippen LogP contribution >= 0.6 is 0 Å². The SMILES string of the molecule is CC(C)N1CCOC(C(O)CC2CCC2)C1. The normalized spacial score (nSPS) is 30.4. The van der Waals surface area contributed by atoms with Crippen LogP contribution in [-0.4, -0.2) is 48.0 Å². The van der Waals surface area contributed by atoms with Crippen molar-refractivity contribution in [1.29, 1.82) is 0 Å². The minimum absolute atomic E-state index is 0.0387. The number of morpholine rings is 1. The molecule has 2 atom stereocenters. The summed E-state index contributed by atoms with van der Waals surface area (Å²) in [6.07, 6.45) is 4.68. The van der Waals surface area contributed by atoms with E-state index in [-0.39, 0.29) is 12.2 Å². The molecule has 1 saturated heterocycles. The third-order valence-corrected chi connectivity index (χ3v) is 4.08. The molecule has 2 aliphatic rings. The van der Waals surface area contributed by atoms with E-state index in [2.05, 4.69) is 18.7 Å². The van der Waals surface area contributed by atoms with Gasteiger partial charge < -0.3 is 9.84 Å². The molecule has 0 aromatic rings. The van der Waals surface area contributed by atoms with Gasteiger partial charge in [0.25, 0.3) is 0 Å². The van der Waals surface area contributed by atoms with Crippen molar-refractivity contribution in [2.75, 3.05) is 19.7 Å². The van der Waals surface area contributed by atoms with Crippen molar-refractivity contribution in [2.24, 2.45) is 5.92 Å². The Kier molecular flexibility index (Phi) is 4.22. The second-order valence-electron chi connectivity index (χ2n) is 5.60. The lowest BCUT2D eigenvalue weighted by molar-refractivity contribution is -0.102. The third-order valence-electron chi connectivity index (χ3n) is 4.08. The fourth-order valence-electron chi connectivity index (χ4n) is 2.62. The molecule has 2 unspecified atom stereocenters. The van der Waals surface area contributed by atoms with Gasteiger partial charge in [0, 0.05) is 19.1 Å². The highest BCUT2D eigenvalue weighted by molar-refractivity contribution is 4.82. The number of rotatable bonds is 4. The fourth-order valence-corrected chi connectivity index (χ4v) is 2.62. The molecule has 1 aliphatic heterocycles. The first-order valence-electron chi connectivity index (χ1n) is 6.70. The molecule has 0 spiro atoms. The number of hydrogen-bond acceptors (Lipinski definition) is 3. The zero-order valence-electron chi connectivity index (χ0n) is 10.6. The van der Waals surface area contributed by atoms with Gasteiger partial charge in [0.1, 0.15) is 0 Å². The summed E-state index contributed by atoms with van der Waals surface area (Å²) in [5, 5.41) is 10.2. The van der Waals surface area contributed by atoms with Crippen LogP contribution in [0.5, 0.6) is 0 Å². The molecule has 0 aromatic heterocycles. The van der Waals surface area contributed by atoms with Crippen LogP contribution in [0.2, 0.25) is 0 Å². The monoisotopic (exact) mass is 227 g/mol. The lowest BCUT2D eigenvalue weighted by atomic mass is 9.80. The van der Waals surface area contributed by atoms with Gasteiger partial charge in [0.2, 0.25) is 0 Å². The first kappa shape index (κ1) is 12.3. The molecular weight excluding hydrogens is 202 g/mol. The molecule has 1 aliphatic carbocycles. The molecule has 0 aromatic carbocycles. The van der Waals surface area contributed by atoms with E-state index in [1.807, 2.05) is 0 Å². The van der Waals surface area contributed by atoms with Crippen LogP contribution in [0.3, 0.4) is 0 Å². The van der Waals surface area contributed by atoms with Crippen molar-refractivity contribution < 1.29 is 9.84 Å². The molecule has 1 N–H and O–H groups in total. The Labute approximate surface area is 98.8 Å². The van der Waals surface area contributed by atoms with Crippen molar-refractivity contribution in [2.45, 2.75) is 57.8 Å². The number of hydrogen-bond donors (Lipinski definition) is 1. The summed E-state index contributed by atoms with van der Waals surface area (Å²) in [4.78, 5) is 2.40. The Morgan fingerprint density at radius 2 is 2.12 bits per heavy atom. The second-order valence-corrected chi connectivity index (χ2v) is 5.60. The predicted octanol–water partition coefficient (Wildman–Crippen LogP) is 1.65. The largest absolute Gasteiger partial charge is 0.390 e. The van der Waals surface area contributed by atoms with Crippen LogP contribution in [0.15, 0.2) is 0 Å². The summed E-state index contributed by atoms with van der Waals surface area (Å²) in [6.45, 7) is 7.09. The maximum absolute atomic E-state index is 10.2. The lowest BCUT2D eigenvalue weighted by Crippen LogP contribution is -2.50. The molecule has 0 amide bonds. The van der Waals surface area contributed by atoms with Gasteiger partial charge in [0.15, 0.2) is 0 Å². The Morgan fingerprint density at radius 3 is 2.69 bits per heavy atom. The molecule has 1 saturated carbocycles. The van der Waals surface area contributed by atoms with Gasteiger partial charge in [-0.05, 0) is 26.2 Å². The Morgan fingerprint density at radius 1 is 1.38 bits per heavy atom. The highest BCUT2D eigenvalue weighted by atomic mass is 16.5. The highest BCUT2D eigenvalue weighted by Crippen LogP contribution is 2.31. The summed E-state index contributed by atoms with van der Waals surface area (Å²) in [5.41, 5.74) is 0. The predicted molar refractivity (Wildman–Crippen MR) is 64.4 cm³/mol. The zero-order valence-corrected chi connectivity index (χ0v) is 10.6. The van der Waals surface area contributed by atoms with Gasteiger partial charge in [0.05, 0.1) is 18.8 Å². The summed E-state index contributed by atoms with van der Waals surface area (Å²) in [5.74, 6) is 0.757. The van der Waals surface area contributed by atoms with E-state index in [0.717, 1.165) is 32.0 Å². The standard InChI is InChI=1S/C13H25NO2/c1-10(2)14-6-7-16-13(9-14)12(15)8-11-4-3-5-11/h10-13,15H,3-9H2,1-2H3. The Balaban J connectivity index is 1.78. The minimum atomic E-state index is -0.258. The molecule has 0 radical (unpaired) electrons. The van der Waals surface area contributed by atoms with Crippen LogP contribution in [0.25, 0.3) is 0 Å². The van der Waals surface area contributed by atoms with Crippen LogP contribution < -0.4 is 0 Å². The van der Waals surface area contributed by atoms with Crippen LogP contribution in [0.4, 0.5) is 0 Å². The van der Waals surface area contributed by atoms with Crippen molar-refractivity contribution in [3.63, 3.8) is 0 Å². The molecule has 2 fully saturated rings. The molecule has 16 heavy (non-hydrogen) atoms. The average Bonchev–Trinajstić information content (AvgIpc) is 2.23. The van der Waals surface area contributed by atoms with E-state index in [9.17, 15) is 5.11 Å². The first-order chi connectivity index (χ1) is 7.66. The third kappa shape index (κ3) is 2.96. The number of aliphatic hydroxyl groups is 1. The van der Waals surface area contributed by atoms with Crippen molar-refractivity contribution in [3.8, 4) is 0 Å². The molecule has 3 heteroatoms. The van der Waals surface area contributed by atoms with E-state index in [0.29, 0.717) is 6.04 Å². The number of nitrogens with zero attached hydrogens (tertiary/aromatic N) is 1. The summed E-state index contributed by atoms with van der Waals surface area (Å²) in [6, 6.07) is 0.558. The summed E-state index contributed by atoms with van der Waals surface area (Å²) >= 11 is 0. The number of ether oxygens (including phenoxy) is 1. The summed E-state index contributed by atoms with van der Waals surface area (Å²) in [7, 11) is 0. The van der Waals surface area contributed by atoms with Crippen LogP contribution in [0.1, 0.15) is 39.5 Å². The van der Waals surface area contributed by atoms with Crippen molar-refractivity contribution in [3.05, 3.63) is 0 Å². The molecule has 0 bridgehead atoms. The minimum Gasteiger partial charge on any atom is -0.390 e. The highest BCUT2D eigenvalue weighted by Gasteiger charge is 2.30.